The first-order valence-electron chi connectivity index (χ1n) is 7.43. The Morgan fingerprint density at radius 3 is 2.50 bits per heavy atom. The smallest absolute Gasteiger partial charge is 0.303 e. The Bertz CT molecular complexity index is 724. The van der Waals surface area contributed by atoms with Gasteiger partial charge in [0.25, 0.3) is 11.8 Å². The van der Waals surface area contributed by atoms with Gasteiger partial charge in [0.05, 0.1) is 6.04 Å². The number of benzene rings is 1. The molecule has 0 saturated carbocycles. The third-order valence-electron chi connectivity index (χ3n) is 3.28. The Labute approximate surface area is 139 Å². The van der Waals surface area contributed by atoms with Gasteiger partial charge in [-0.1, -0.05) is 30.3 Å². The van der Waals surface area contributed by atoms with Crippen LogP contribution in [0.3, 0.4) is 0 Å². The van der Waals surface area contributed by atoms with Gasteiger partial charge in [0.1, 0.15) is 5.69 Å². The van der Waals surface area contributed by atoms with Crippen molar-refractivity contribution in [3.05, 3.63) is 59.9 Å². The molecule has 0 bridgehead atoms. The van der Waals surface area contributed by atoms with E-state index in [-0.39, 0.29) is 17.6 Å². The number of amides is 2. The van der Waals surface area contributed by atoms with Gasteiger partial charge in [-0.05, 0) is 24.6 Å². The fraction of sp³-hybridized carbons (Fsp3) is 0.235. The molecular formula is C17H19N3O4. The molecule has 0 unspecified atom stereocenters. The second-order valence-corrected chi connectivity index (χ2v) is 5.18. The number of carbonyl (C=O) groups excluding carboxylic acids is 3. The van der Waals surface area contributed by atoms with Gasteiger partial charge in [0, 0.05) is 13.1 Å². The number of aromatic nitrogens is 1. The molecule has 7 heteroatoms. The van der Waals surface area contributed by atoms with Crippen molar-refractivity contribution < 1.29 is 19.1 Å². The average Bonchev–Trinajstić information content (AvgIpc) is 3.02. The standard InChI is InChI=1S/C17H19N3O4/c1-12(14-7-4-3-5-8-14)18-17(23)15-9-6-10-20(15)19-16(22)11-24-13(2)21/h3-10,12H,11H2,1-2H3,(H,18,23)(H,19,22)/t12-/m0/s1. The van der Waals surface area contributed by atoms with Crippen LogP contribution in [-0.4, -0.2) is 29.1 Å². The average molecular weight is 329 g/mol. The van der Waals surface area contributed by atoms with Crippen LogP contribution in [0.1, 0.15) is 35.9 Å². The summed E-state index contributed by atoms with van der Waals surface area (Å²) in [6.07, 6.45) is 1.54. The lowest BCUT2D eigenvalue weighted by Gasteiger charge is -2.16. The minimum absolute atomic E-state index is 0.182. The summed E-state index contributed by atoms with van der Waals surface area (Å²) in [7, 11) is 0. The normalized spacial score (nSPS) is 11.4. The molecule has 0 saturated heterocycles. The summed E-state index contributed by atoms with van der Waals surface area (Å²) in [5.74, 6) is -1.41. The second-order valence-electron chi connectivity index (χ2n) is 5.18. The van der Waals surface area contributed by atoms with Gasteiger partial charge in [0.2, 0.25) is 0 Å². The van der Waals surface area contributed by atoms with E-state index in [1.165, 1.54) is 17.8 Å². The minimum Gasteiger partial charge on any atom is -0.456 e. The molecule has 0 aliphatic rings. The monoisotopic (exact) mass is 329 g/mol. The molecule has 1 heterocycles. The summed E-state index contributed by atoms with van der Waals surface area (Å²) >= 11 is 0. The van der Waals surface area contributed by atoms with Crippen LogP contribution in [0.2, 0.25) is 0 Å². The molecule has 2 aromatic rings. The number of nitrogens with one attached hydrogen (secondary N) is 2. The number of hydrogen-bond acceptors (Lipinski definition) is 4. The van der Waals surface area contributed by atoms with Crippen molar-refractivity contribution >= 4 is 17.8 Å². The zero-order valence-corrected chi connectivity index (χ0v) is 13.5. The fourth-order valence-electron chi connectivity index (χ4n) is 2.09. The third-order valence-corrected chi connectivity index (χ3v) is 3.28. The van der Waals surface area contributed by atoms with Crippen LogP contribution in [0.25, 0.3) is 0 Å². The van der Waals surface area contributed by atoms with Crippen LogP contribution in [0.5, 0.6) is 0 Å². The predicted octanol–water partition coefficient (Wildman–Crippen LogP) is 1.61. The van der Waals surface area contributed by atoms with Gasteiger partial charge >= 0.3 is 5.97 Å². The summed E-state index contributed by atoms with van der Waals surface area (Å²) in [5.41, 5.74) is 3.73. The van der Waals surface area contributed by atoms with Crippen molar-refractivity contribution in [1.82, 2.24) is 9.99 Å². The molecule has 24 heavy (non-hydrogen) atoms. The van der Waals surface area contributed by atoms with E-state index >= 15 is 0 Å². The van der Waals surface area contributed by atoms with Crippen molar-refractivity contribution in [3.63, 3.8) is 0 Å². The van der Waals surface area contributed by atoms with Crippen molar-refractivity contribution in [1.29, 1.82) is 0 Å². The van der Waals surface area contributed by atoms with Crippen molar-refractivity contribution in [2.24, 2.45) is 0 Å². The Balaban J connectivity index is 1.99. The lowest BCUT2D eigenvalue weighted by atomic mass is 10.1. The Kier molecular flexibility index (Phi) is 5.73. The van der Waals surface area contributed by atoms with E-state index in [0.29, 0.717) is 0 Å². The molecule has 7 nitrogen and oxygen atoms in total. The maximum absolute atomic E-state index is 12.4. The molecule has 2 amide bonds. The van der Waals surface area contributed by atoms with Gasteiger partial charge in [-0.25, -0.2) is 0 Å². The van der Waals surface area contributed by atoms with Crippen LogP contribution >= 0.6 is 0 Å². The highest BCUT2D eigenvalue weighted by Crippen LogP contribution is 2.12. The first-order chi connectivity index (χ1) is 11.5. The Morgan fingerprint density at radius 2 is 1.83 bits per heavy atom. The van der Waals surface area contributed by atoms with Gasteiger partial charge in [-0.3, -0.25) is 24.5 Å². The summed E-state index contributed by atoms with van der Waals surface area (Å²) in [6.45, 7) is 2.68. The third kappa shape index (κ3) is 4.70. The fourth-order valence-corrected chi connectivity index (χ4v) is 2.09. The lowest BCUT2D eigenvalue weighted by molar-refractivity contribution is -0.145. The van der Waals surface area contributed by atoms with Crippen LogP contribution in [0.15, 0.2) is 48.7 Å². The summed E-state index contributed by atoms with van der Waals surface area (Å²) in [4.78, 5) is 34.8. The van der Waals surface area contributed by atoms with E-state index < -0.39 is 18.5 Å². The van der Waals surface area contributed by atoms with Gasteiger partial charge in [-0.2, -0.15) is 0 Å². The zero-order chi connectivity index (χ0) is 17.5. The summed E-state index contributed by atoms with van der Waals surface area (Å²) in [5, 5.41) is 2.87. The first-order valence-corrected chi connectivity index (χ1v) is 7.43. The molecule has 1 aromatic heterocycles. The molecule has 0 spiro atoms. The highest BCUT2D eigenvalue weighted by molar-refractivity contribution is 5.94. The predicted molar refractivity (Wildman–Crippen MR) is 87.8 cm³/mol. The SMILES string of the molecule is CC(=O)OCC(=O)Nn1cccc1C(=O)N[C@@H](C)c1ccccc1. The lowest BCUT2D eigenvalue weighted by Crippen LogP contribution is -2.33. The van der Waals surface area contributed by atoms with E-state index in [2.05, 4.69) is 15.5 Å². The molecule has 1 aromatic carbocycles. The van der Waals surface area contributed by atoms with Crippen LogP contribution in [0, 0.1) is 0 Å². The Hall–Kier alpha value is -3.09. The molecule has 0 radical (unpaired) electrons. The summed E-state index contributed by atoms with van der Waals surface area (Å²) < 4.78 is 5.90. The first kappa shape index (κ1) is 17.3. The number of hydrogen-bond donors (Lipinski definition) is 2. The second kappa shape index (κ2) is 7.96. The molecule has 2 rings (SSSR count). The number of rotatable bonds is 6. The maximum Gasteiger partial charge on any atom is 0.303 e. The minimum atomic E-state index is -0.549. The zero-order valence-electron chi connectivity index (χ0n) is 13.5. The molecule has 0 fully saturated rings. The highest BCUT2D eigenvalue weighted by Gasteiger charge is 2.16. The quantitative estimate of drug-likeness (QED) is 0.788. The van der Waals surface area contributed by atoms with Crippen LogP contribution in [-0.2, 0) is 14.3 Å². The van der Waals surface area contributed by atoms with Crippen LogP contribution in [0.4, 0.5) is 0 Å². The number of esters is 1. The van der Waals surface area contributed by atoms with E-state index in [1.807, 2.05) is 37.3 Å². The van der Waals surface area contributed by atoms with E-state index in [1.54, 1.807) is 12.1 Å². The summed E-state index contributed by atoms with van der Waals surface area (Å²) in [6, 6.07) is 12.6. The molecular weight excluding hydrogens is 310 g/mol. The van der Waals surface area contributed by atoms with Crippen LogP contribution < -0.4 is 10.7 Å². The van der Waals surface area contributed by atoms with Gasteiger partial charge in [-0.15, -0.1) is 0 Å². The largest absolute Gasteiger partial charge is 0.456 e. The van der Waals surface area contributed by atoms with Gasteiger partial charge in [0.15, 0.2) is 6.61 Å². The topological polar surface area (TPSA) is 89.4 Å². The van der Waals surface area contributed by atoms with E-state index in [4.69, 9.17) is 0 Å². The van der Waals surface area contributed by atoms with Gasteiger partial charge < -0.3 is 10.1 Å². The number of ether oxygens (including phenoxy) is 1. The van der Waals surface area contributed by atoms with Crippen molar-refractivity contribution in [2.45, 2.75) is 19.9 Å². The van der Waals surface area contributed by atoms with E-state index in [0.717, 1.165) is 5.56 Å². The molecule has 0 aliphatic heterocycles. The molecule has 1 atom stereocenters. The molecule has 126 valence electrons. The van der Waals surface area contributed by atoms with Crippen molar-refractivity contribution in [3.8, 4) is 0 Å². The van der Waals surface area contributed by atoms with Crippen molar-refractivity contribution in [2.75, 3.05) is 12.0 Å². The highest BCUT2D eigenvalue weighted by atomic mass is 16.5. The van der Waals surface area contributed by atoms with E-state index in [9.17, 15) is 14.4 Å². The Morgan fingerprint density at radius 1 is 1.12 bits per heavy atom. The molecule has 0 aliphatic carbocycles. The number of nitrogens with zero attached hydrogens (tertiary/aromatic N) is 1. The maximum atomic E-state index is 12.4. The number of carbonyl (C=O) groups is 3. The molecule has 2 N–H and O–H groups in total.